The van der Waals surface area contributed by atoms with Gasteiger partial charge in [-0.15, -0.1) is 0 Å². The van der Waals surface area contributed by atoms with Crippen molar-refractivity contribution >= 4 is 27.3 Å². The number of carboxylic acids is 1. The number of rotatable bonds is 6. The number of nitrogens with zero attached hydrogens (tertiary/aromatic N) is 5. The highest BCUT2D eigenvalue weighted by Crippen LogP contribution is 2.41. The van der Waals surface area contributed by atoms with Gasteiger partial charge >= 0.3 is 12.1 Å². The third-order valence-electron chi connectivity index (χ3n) is 8.10. The number of aliphatic carboxylic acids is 1. The van der Waals surface area contributed by atoms with Gasteiger partial charge in [0.15, 0.2) is 9.84 Å². The van der Waals surface area contributed by atoms with E-state index in [0.29, 0.717) is 69.4 Å². The summed E-state index contributed by atoms with van der Waals surface area (Å²) >= 11 is 0. The zero-order valence-corrected chi connectivity index (χ0v) is 23.3. The van der Waals surface area contributed by atoms with Gasteiger partial charge in [0.05, 0.1) is 27.4 Å². The summed E-state index contributed by atoms with van der Waals surface area (Å²) in [7, 11) is -2.62. The maximum atomic E-state index is 14.3. The van der Waals surface area contributed by atoms with Gasteiger partial charge in [-0.1, -0.05) is 0 Å². The van der Waals surface area contributed by atoms with E-state index in [-0.39, 0.29) is 19.0 Å². The van der Waals surface area contributed by atoms with Crippen molar-refractivity contribution in [3.05, 3.63) is 35.5 Å². The summed E-state index contributed by atoms with van der Waals surface area (Å²) in [5, 5.41) is 13.2. The van der Waals surface area contributed by atoms with Crippen LogP contribution in [0.4, 0.5) is 24.7 Å². The number of likely N-dealkylation sites (N-methyl/N-ethyl adjacent to an activating group) is 1. The summed E-state index contributed by atoms with van der Waals surface area (Å²) < 4.78 is 77.5. The van der Waals surface area contributed by atoms with Gasteiger partial charge in [-0.2, -0.15) is 18.3 Å². The Morgan fingerprint density at radius 3 is 2.40 bits per heavy atom. The Morgan fingerprint density at radius 2 is 1.77 bits per heavy atom. The van der Waals surface area contributed by atoms with Gasteiger partial charge in [0.2, 0.25) is 0 Å². The molecule has 0 amide bonds. The van der Waals surface area contributed by atoms with Crippen LogP contribution in [0.2, 0.25) is 0 Å². The van der Waals surface area contributed by atoms with Crippen LogP contribution in [0.1, 0.15) is 36.6 Å². The summed E-state index contributed by atoms with van der Waals surface area (Å²) in [6.45, 7) is 4.96. The van der Waals surface area contributed by atoms with Gasteiger partial charge in [-0.3, -0.25) is 0 Å². The molecule has 2 aromatic rings. The molecule has 1 N–H and O–H groups in total. The van der Waals surface area contributed by atoms with Crippen molar-refractivity contribution in [3.8, 4) is 0 Å². The fraction of sp³-hybridized carbons (Fsp3) is 0.615. The predicted octanol–water partition coefficient (Wildman–Crippen LogP) is 2.82. The van der Waals surface area contributed by atoms with Crippen molar-refractivity contribution in [1.29, 1.82) is 0 Å². The summed E-state index contributed by atoms with van der Waals surface area (Å²) in [4.78, 5) is 16.8. The minimum Gasteiger partial charge on any atom is -0.480 e. The summed E-state index contributed by atoms with van der Waals surface area (Å²) in [5.74, 6) is -0.785. The van der Waals surface area contributed by atoms with E-state index in [1.54, 1.807) is 17.7 Å². The molecule has 0 aliphatic carbocycles. The van der Waals surface area contributed by atoms with Crippen molar-refractivity contribution in [3.63, 3.8) is 0 Å². The quantitative estimate of drug-likeness (QED) is 0.548. The lowest BCUT2D eigenvalue weighted by atomic mass is 10.1. The van der Waals surface area contributed by atoms with Crippen LogP contribution in [0.25, 0.3) is 0 Å². The van der Waals surface area contributed by atoms with E-state index in [2.05, 4.69) is 10.00 Å². The fourth-order valence-electron chi connectivity index (χ4n) is 5.85. The molecule has 0 bridgehead atoms. The van der Waals surface area contributed by atoms with Crippen LogP contribution in [0.15, 0.2) is 29.2 Å². The molecule has 10 nitrogen and oxygen atoms in total. The number of alkyl halides is 3. The molecule has 3 aliphatic rings. The second-order valence-corrected chi connectivity index (χ2v) is 13.0. The first-order valence-electron chi connectivity index (χ1n) is 13.4. The van der Waals surface area contributed by atoms with Gasteiger partial charge in [-0.05, 0) is 51.4 Å². The number of hydrogen-bond acceptors (Lipinski definition) is 8. The number of aryl methyl sites for hydroxylation is 1. The van der Waals surface area contributed by atoms with Crippen molar-refractivity contribution in [2.24, 2.45) is 0 Å². The molecule has 1 aromatic carbocycles. The average molecular weight is 586 g/mol. The molecule has 220 valence electrons. The van der Waals surface area contributed by atoms with Gasteiger partial charge in [-0.25, -0.2) is 17.9 Å². The molecule has 3 saturated heterocycles. The van der Waals surface area contributed by atoms with Crippen molar-refractivity contribution in [1.82, 2.24) is 14.7 Å². The van der Waals surface area contributed by atoms with Gasteiger partial charge in [0.1, 0.15) is 11.9 Å². The molecule has 5 rings (SSSR count). The van der Waals surface area contributed by atoms with Crippen LogP contribution in [0.3, 0.4) is 0 Å². The van der Waals surface area contributed by atoms with E-state index in [9.17, 15) is 31.5 Å². The van der Waals surface area contributed by atoms with Gasteiger partial charge in [0, 0.05) is 57.7 Å². The second kappa shape index (κ2) is 10.9. The number of aromatic nitrogens is 2. The smallest absolute Gasteiger partial charge is 0.417 e. The third-order valence-corrected chi connectivity index (χ3v) is 10.3. The number of halogens is 3. The van der Waals surface area contributed by atoms with Crippen LogP contribution in [0.5, 0.6) is 0 Å². The van der Waals surface area contributed by atoms with Crippen molar-refractivity contribution < 1.29 is 36.2 Å². The lowest BCUT2D eigenvalue weighted by molar-refractivity contribution is -0.140. The standard InChI is InChI=1S/C26H34F3N5O5S/c1-17-13-24(34(30-17)18-5-11-39-12-6-18)33-16-20(15-22(33)25(35)36)40(37,38)23-4-3-19(14-21(23)26(27,28)29)32-9-7-31(2)8-10-32/h3-4,13-14,18,20,22H,5-12,15-16H2,1-2H3,(H,35,36)/t20-,22+/m1/s1. The lowest BCUT2D eigenvalue weighted by Gasteiger charge is -2.34. The summed E-state index contributed by atoms with van der Waals surface area (Å²) in [6, 6.07) is 3.77. The minimum absolute atomic E-state index is 0.0542. The van der Waals surface area contributed by atoms with Crippen LogP contribution in [-0.4, -0.2) is 98.5 Å². The van der Waals surface area contributed by atoms with Crippen LogP contribution >= 0.6 is 0 Å². The molecule has 0 saturated carbocycles. The topological polar surface area (TPSA) is 108 Å². The lowest BCUT2D eigenvalue weighted by Crippen LogP contribution is -2.44. The monoisotopic (exact) mass is 585 g/mol. The molecule has 4 heterocycles. The molecular weight excluding hydrogens is 551 g/mol. The fourth-order valence-corrected chi connectivity index (χ4v) is 7.74. The number of ether oxygens (including phenoxy) is 1. The van der Waals surface area contributed by atoms with Crippen LogP contribution in [0, 0.1) is 6.92 Å². The highest BCUT2D eigenvalue weighted by molar-refractivity contribution is 7.92. The number of carboxylic acid groups (broad SMARTS) is 1. The Hall–Kier alpha value is -2.84. The zero-order valence-electron chi connectivity index (χ0n) is 22.5. The van der Waals surface area contributed by atoms with E-state index in [4.69, 9.17) is 4.74 Å². The number of hydrogen-bond donors (Lipinski definition) is 1. The highest BCUT2D eigenvalue weighted by atomic mass is 32.2. The van der Waals surface area contributed by atoms with Crippen LogP contribution in [-0.2, 0) is 25.5 Å². The normalized spacial score (nSPS) is 23.6. The zero-order chi connectivity index (χ0) is 28.8. The number of anilines is 2. The Labute approximate surface area is 231 Å². The molecule has 2 atom stereocenters. The SMILES string of the molecule is Cc1cc(N2C[C@H](S(=O)(=O)c3ccc(N4CCN(C)CC4)cc3C(F)(F)F)C[C@H]2C(=O)O)n(C2CCOCC2)n1. The molecule has 3 fully saturated rings. The summed E-state index contributed by atoms with van der Waals surface area (Å²) in [5.41, 5.74) is -0.278. The van der Waals surface area contributed by atoms with Crippen molar-refractivity contribution in [2.75, 3.05) is 62.8 Å². The van der Waals surface area contributed by atoms with E-state index < -0.39 is 43.7 Å². The number of sulfone groups is 1. The Balaban J connectivity index is 1.48. The molecule has 14 heteroatoms. The predicted molar refractivity (Wildman–Crippen MR) is 142 cm³/mol. The first kappa shape index (κ1) is 28.7. The molecule has 3 aliphatic heterocycles. The molecular formula is C26H34F3N5O5S. The average Bonchev–Trinajstić information content (AvgIpc) is 3.53. The molecule has 0 unspecified atom stereocenters. The minimum atomic E-state index is -4.91. The van der Waals surface area contributed by atoms with Crippen LogP contribution < -0.4 is 9.80 Å². The number of piperazine rings is 1. The third kappa shape index (κ3) is 5.53. The van der Waals surface area contributed by atoms with Crippen molar-refractivity contribution in [2.45, 2.75) is 54.6 Å². The summed E-state index contributed by atoms with van der Waals surface area (Å²) in [6.07, 6.45) is -3.92. The van der Waals surface area contributed by atoms with E-state index in [1.165, 1.54) is 11.0 Å². The Bertz CT molecular complexity index is 1350. The number of benzene rings is 1. The first-order chi connectivity index (χ1) is 18.9. The second-order valence-electron chi connectivity index (χ2n) is 10.8. The van der Waals surface area contributed by atoms with E-state index >= 15 is 0 Å². The molecule has 0 spiro atoms. The Kier molecular flexibility index (Phi) is 7.79. The molecule has 1 aromatic heterocycles. The Morgan fingerprint density at radius 1 is 1.10 bits per heavy atom. The molecule has 0 radical (unpaired) electrons. The van der Waals surface area contributed by atoms with E-state index in [1.807, 2.05) is 11.9 Å². The molecule has 40 heavy (non-hydrogen) atoms. The van der Waals surface area contributed by atoms with Gasteiger partial charge < -0.3 is 24.5 Å². The first-order valence-corrected chi connectivity index (χ1v) is 14.9. The highest BCUT2D eigenvalue weighted by Gasteiger charge is 2.47. The number of carbonyl (C=O) groups is 1. The van der Waals surface area contributed by atoms with E-state index in [0.717, 1.165) is 12.1 Å². The maximum absolute atomic E-state index is 14.3. The maximum Gasteiger partial charge on any atom is 0.417 e. The largest absolute Gasteiger partial charge is 0.480 e. The van der Waals surface area contributed by atoms with Gasteiger partial charge in [0.25, 0.3) is 0 Å².